The van der Waals surface area contributed by atoms with E-state index < -0.39 is 22.5 Å². The smallest absolute Gasteiger partial charge is 0.131 e. The summed E-state index contributed by atoms with van der Waals surface area (Å²) in [5.41, 5.74) is 18.2. The van der Waals surface area contributed by atoms with E-state index in [2.05, 4.69) is 265 Å². The van der Waals surface area contributed by atoms with Gasteiger partial charge in [-0.2, -0.15) is 0 Å². The molecule has 118 heavy (non-hydrogen) atoms. The van der Waals surface area contributed by atoms with Gasteiger partial charge in [0.15, 0.2) is 0 Å². The van der Waals surface area contributed by atoms with Crippen molar-refractivity contribution >= 4 is 43.1 Å². The van der Waals surface area contributed by atoms with Crippen LogP contribution in [0.25, 0.3) is 87.6 Å². The molecule has 0 atom stereocenters. The minimum absolute atomic E-state index is 0. The van der Waals surface area contributed by atoms with E-state index in [0.29, 0.717) is 51.3 Å². The molecule has 1 aliphatic heterocycles. The van der Waals surface area contributed by atoms with E-state index in [1.54, 1.807) is 12.1 Å². The first-order valence-electron chi connectivity index (χ1n) is 44.0. The summed E-state index contributed by atoms with van der Waals surface area (Å²) < 4.78 is 52.6. The van der Waals surface area contributed by atoms with Gasteiger partial charge in [0, 0.05) is 90.0 Å². The molecule has 0 unspecified atom stereocenters. The molecule has 0 bridgehead atoms. The van der Waals surface area contributed by atoms with Crippen molar-refractivity contribution in [3.63, 3.8) is 0 Å². The molecule has 2 N–H and O–H groups in total. The first-order valence-corrected chi connectivity index (χ1v) is 44.0. The van der Waals surface area contributed by atoms with Crippen LogP contribution >= 0.6 is 0 Å². The molecular weight excluding hydrogens is 1480 g/mol. The number of phenols is 2. The maximum absolute atomic E-state index is 16.8. The largest absolute Gasteiger partial charge is 0.507 e. The first-order chi connectivity index (χ1) is 53.6. The number of rotatable bonds is 14. The molecule has 5 aliphatic rings. The van der Waals surface area contributed by atoms with Crippen molar-refractivity contribution in [1.29, 1.82) is 0 Å². The van der Waals surface area contributed by atoms with Crippen LogP contribution in [-0.4, -0.2) is 36.6 Å². The number of aryl methyl sites for hydroxylation is 2. The van der Waals surface area contributed by atoms with E-state index >= 15 is 8.78 Å². The average molecular weight is 1630 g/mol. The minimum atomic E-state index is -0.425. The number of fused-ring (bicyclic) bond motifs is 8. The van der Waals surface area contributed by atoms with E-state index in [-0.39, 0.29) is 112 Å². The molecule has 15 rings (SSSR count). The van der Waals surface area contributed by atoms with Crippen LogP contribution in [0.1, 0.15) is 330 Å². The summed E-state index contributed by atoms with van der Waals surface area (Å²) in [4.78, 5) is 0. The van der Waals surface area contributed by atoms with Gasteiger partial charge < -0.3 is 31.9 Å². The van der Waals surface area contributed by atoms with Crippen molar-refractivity contribution in [1.82, 2.24) is 0 Å². The molecular formula is C110H141F2O5Sc-. The Balaban J connectivity index is 0.00000176. The van der Waals surface area contributed by atoms with Crippen molar-refractivity contribution < 1.29 is 59.0 Å². The molecule has 10 aromatic rings. The molecule has 0 aromatic heterocycles. The molecule has 1 fully saturated rings. The Bertz CT molecular complexity index is 5060. The molecule has 1 saturated heterocycles. The van der Waals surface area contributed by atoms with E-state index in [0.717, 1.165) is 154 Å². The Hall–Kier alpha value is -6.87. The second kappa shape index (κ2) is 31.2. The predicted molar refractivity (Wildman–Crippen MR) is 495 cm³/mol. The molecule has 0 spiro atoms. The number of halogens is 2. The van der Waals surface area contributed by atoms with Crippen LogP contribution < -0.4 is 9.47 Å². The first kappa shape index (κ1) is 90.4. The fourth-order valence-corrected chi connectivity index (χ4v) is 21.9. The third-order valence-corrected chi connectivity index (χ3v) is 28.7. The Labute approximate surface area is 728 Å². The molecule has 0 amide bonds. The molecule has 5 nitrogen and oxygen atoms in total. The summed E-state index contributed by atoms with van der Waals surface area (Å²) in [5, 5.41) is 36.6. The Morgan fingerprint density at radius 3 is 0.822 bits per heavy atom. The zero-order valence-corrected chi connectivity index (χ0v) is 79.7. The summed E-state index contributed by atoms with van der Waals surface area (Å²) in [6.45, 7) is 67.3. The van der Waals surface area contributed by atoms with Crippen molar-refractivity contribution in [2.24, 2.45) is 10.8 Å². The average Bonchev–Trinajstić information content (AvgIpc) is 0.761. The molecule has 1 radical (unpaired) electrons. The van der Waals surface area contributed by atoms with Crippen molar-refractivity contribution in [3.8, 4) is 67.5 Å². The zero-order valence-electron chi connectivity index (χ0n) is 77.9. The summed E-state index contributed by atoms with van der Waals surface area (Å²) in [6, 6.07) is 39.4. The number of aromatic hydroxyl groups is 2. The summed E-state index contributed by atoms with van der Waals surface area (Å²) in [5.74, 6) is 0.272. The van der Waals surface area contributed by atoms with Crippen LogP contribution in [0, 0.1) is 43.7 Å². The van der Waals surface area contributed by atoms with Gasteiger partial charge in [-0.25, -0.2) is 8.78 Å². The maximum Gasteiger partial charge on any atom is 0.131 e. The van der Waals surface area contributed by atoms with Crippen LogP contribution in [0.5, 0.6) is 23.0 Å². The van der Waals surface area contributed by atoms with Crippen LogP contribution in [0.2, 0.25) is 0 Å². The second-order valence-corrected chi connectivity index (χ2v) is 45.7. The van der Waals surface area contributed by atoms with Crippen LogP contribution in [0.3, 0.4) is 0 Å². The van der Waals surface area contributed by atoms with Gasteiger partial charge in [-0.3, -0.25) is 0 Å². The summed E-state index contributed by atoms with van der Waals surface area (Å²) in [6.07, 6.45) is 13.2. The predicted octanol–water partition coefficient (Wildman–Crippen LogP) is 31.2. The molecule has 10 aromatic carbocycles. The Morgan fingerprint density at radius 2 is 0.585 bits per heavy atom. The Morgan fingerprint density at radius 1 is 0.339 bits per heavy atom. The summed E-state index contributed by atoms with van der Waals surface area (Å²) >= 11 is 0. The van der Waals surface area contributed by atoms with E-state index in [1.165, 1.54) is 69.5 Å². The van der Waals surface area contributed by atoms with Gasteiger partial charge in [0.2, 0.25) is 0 Å². The third-order valence-electron chi connectivity index (χ3n) is 28.7. The topological polar surface area (TPSA) is 68.2 Å². The van der Waals surface area contributed by atoms with Crippen LogP contribution in [0.15, 0.2) is 109 Å². The summed E-state index contributed by atoms with van der Waals surface area (Å²) in [7, 11) is 0. The van der Waals surface area contributed by atoms with Gasteiger partial charge in [-0.15, -0.1) is 0 Å². The molecule has 629 valence electrons. The van der Waals surface area contributed by atoms with Crippen molar-refractivity contribution in [2.45, 2.75) is 331 Å². The maximum atomic E-state index is 16.8. The van der Waals surface area contributed by atoms with E-state index in [9.17, 15) is 10.2 Å². The number of phenolic OH excluding ortho intramolecular Hbond substituents is 2. The third kappa shape index (κ3) is 17.0. The zero-order chi connectivity index (χ0) is 84.5. The number of benzene rings is 10. The van der Waals surface area contributed by atoms with Gasteiger partial charge in [-0.1, -0.05) is 204 Å². The second-order valence-electron chi connectivity index (χ2n) is 45.7. The van der Waals surface area contributed by atoms with E-state index in [4.69, 9.17) is 14.2 Å². The monoisotopic (exact) mass is 1630 g/mol. The van der Waals surface area contributed by atoms with Crippen LogP contribution in [-0.2, 0) is 84.7 Å². The van der Waals surface area contributed by atoms with Gasteiger partial charge >= 0.3 is 0 Å². The van der Waals surface area contributed by atoms with E-state index in [1.807, 2.05) is 13.8 Å². The normalized spacial score (nSPS) is 18.6. The molecule has 4 aliphatic carbocycles. The molecule has 0 saturated carbocycles. The Kier molecular flexibility index (Phi) is 23.9. The van der Waals surface area contributed by atoms with Gasteiger partial charge in [0.05, 0.1) is 13.2 Å². The van der Waals surface area contributed by atoms with Gasteiger partial charge in [0.1, 0.15) is 34.6 Å². The van der Waals surface area contributed by atoms with Gasteiger partial charge in [0.25, 0.3) is 0 Å². The number of hydrogen-bond donors (Lipinski definition) is 2. The number of hydrogen-bond acceptors (Lipinski definition) is 5. The standard InChI is InChI=1S/C105H130F2O4.C4H8O.CH3.Sc/c1-60-40-68(106)52-76(74-48-66(104(25,26)58-94(3,4)5)50-78(90(74)108)88-70-54-84-80(96(9,10)30-34-100(84,17)18)44-62(70)42-63-45-81-85(55-71(63)88)101(19,20)35-31-97(81,11)12)92(60)110-38-29-39-111-93-61(2)41-69(107)53-77(93)75-49-67(105(27,28)59-95(6,7)8)51-79(91(75)109)89-72-56-86-82(98(13,14)32-36-102(86,21)22)46-64(72)43-65-47-83-87(57-73(65)89)103(23,24)37-33-99(83,15)16;1-2-4-5-3-1;;/h40-57,108-109H,29-39,58-59H2,1-28H3;1-4H2;1H3;/q;;-1;. The molecule has 8 heteroatoms. The molecule has 1 heterocycles. The SMILES string of the molecule is C1CCOC1.Cc1cc(F)cc(-c2cc(C(C)(C)CC(C)(C)C)cc(-c3c4cc5c(cc4cc4cc6c(cc34)C(C)(C)CCC6(C)C)C(C)(C)CCC5(C)C)c2O)c1OCCCOc1c(C)cc(F)cc1-c1cc(C(C)(C)CC(C)(C)C)cc(-c2c3cc4c(cc3cc3cc5c(cc23)C(C)(C)CCC5(C)C)C(C)(C)CCC4(C)C)c1O.[CH3-].[Sc]. The fraction of sp³-hybridized carbons (Fsp3) is 0.518. The van der Waals surface area contributed by atoms with Gasteiger partial charge in [-0.05, 0) is 351 Å². The number of ether oxygens (including phenoxy) is 3. The minimum Gasteiger partial charge on any atom is -0.507 e. The fourth-order valence-electron chi connectivity index (χ4n) is 21.9. The van der Waals surface area contributed by atoms with Crippen molar-refractivity contribution in [3.05, 3.63) is 195 Å². The van der Waals surface area contributed by atoms with Crippen LogP contribution in [0.4, 0.5) is 8.78 Å². The quantitative estimate of drug-likeness (QED) is 0.0645. The van der Waals surface area contributed by atoms with Crippen molar-refractivity contribution in [2.75, 3.05) is 26.4 Å².